The Bertz CT molecular complexity index is 795. The number of hydrogen-bond donors (Lipinski definition) is 1. The third-order valence-electron chi connectivity index (χ3n) is 6.03. The second-order valence-corrected chi connectivity index (χ2v) is 7.87. The quantitative estimate of drug-likeness (QED) is 0.811. The molecule has 0 aromatic carbocycles. The van der Waals surface area contributed by atoms with Gasteiger partial charge in [-0.2, -0.15) is 0 Å². The van der Waals surface area contributed by atoms with Crippen LogP contribution in [0.3, 0.4) is 0 Å². The Balaban J connectivity index is 1.38. The van der Waals surface area contributed by atoms with E-state index in [2.05, 4.69) is 15.2 Å². The van der Waals surface area contributed by atoms with Crippen LogP contribution in [0.15, 0.2) is 47.3 Å². The minimum absolute atomic E-state index is 0.0758. The number of amides is 2. The van der Waals surface area contributed by atoms with Gasteiger partial charge in [0, 0.05) is 45.1 Å². The Morgan fingerprint density at radius 2 is 1.93 bits per heavy atom. The third kappa shape index (κ3) is 4.67. The Morgan fingerprint density at radius 1 is 1.14 bits per heavy atom. The topological polar surface area (TPSA) is 78.7 Å². The van der Waals surface area contributed by atoms with Crippen molar-refractivity contribution in [1.29, 1.82) is 0 Å². The van der Waals surface area contributed by atoms with Gasteiger partial charge in [-0.3, -0.25) is 19.5 Å². The first-order chi connectivity index (χ1) is 14.2. The number of pyridine rings is 1. The van der Waals surface area contributed by atoms with Crippen LogP contribution in [0.4, 0.5) is 0 Å². The number of aromatic nitrogens is 1. The van der Waals surface area contributed by atoms with Crippen LogP contribution in [-0.2, 0) is 11.3 Å². The molecule has 2 amide bonds. The molecule has 4 rings (SSSR count). The van der Waals surface area contributed by atoms with Crippen LogP contribution < -0.4 is 5.32 Å². The van der Waals surface area contributed by atoms with E-state index in [-0.39, 0.29) is 17.9 Å². The van der Waals surface area contributed by atoms with Gasteiger partial charge in [0.2, 0.25) is 5.91 Å². The highest BCUT2D eigenvalue weighted by molar-refractivity contribution is 5.91. The average Bonchev–Trinajstić information content (AvgIpc) is 3.48. The van der Waals surface area contributed by atoms with E-state index in [1.54, 1.807) is 24.5 Å². The largest absolute Gasteiger partial charge is 0.459 e. The predicted molar refractivity (Wildman–Crippen MR) is 108 cm³/mol. The fourth-order valence-corrected chi connectivity index (χ4v) is 4.51. The maximum atomic E-state index is 13.1. The van der Waals surface area contributed by atoms with Gasteiger partial charge in [-0.05, 0) is 42.5 Å². The molecule has 1 saturated heterocycles. The van der Waals surface area contributed by atoms with Crippen LogP contribution in [0.2, 0.25) is 0 Å². The van der Waals surface area contributed by atoms with E-state index < -0.39 is 0 Å². The molecule has 1 atom stereocenters. The second kappa shape index (κ2) is 9.22. The summed E-state index contributed by atoms with van der Waals surface area (Å²) >= 11 is 0. The maximum absolute atomic E-state index is 13.1. The Labute approximate surface area is 171 Å². The average molecular weight is 396 g/mol. The zero-order chi connectivity index (χ0) is 20.1. The summed E-state index contributed by atoms with van der Waals surface area (Å²) in [6, 6.07) is 7.14. The number of nitrogens with one attached hydrogen (secondary N) is 1. The van der Waals surface area contributed by atoms with Crippen LogP contribution in [-0.4, -0.2) is 58.8 Å². The van der Waals surface area contributed by atoms with Gasteiger partial charge in [-0.25, -0.2) is 0 Å². The highest BCUT2D eigenvalue weighted by Crippen LogP contribution is 2.31. The molecule has 1 unspecified atom stereocenters. The number of hydrogen-bond acceptors (Lipinski definition) is 5. The number of carbonyl (C=O) groups is 2. The van der Waals surface area contributed by atoms with Crippen LogP contribution in [0.5, 0.6) is 0 Å². The second-order valence-electron chi connectivity index (χ2n) is 7.87. The van der Waals surface area contributed by atoms with Gasteiger partial charge < -0.3 is 14.6 Å². The Kier molecular flexibility index (Phi) is 6.24. The molecule has 0 bridgehead atoms. The fourth-order valence-electron chi connectivity index (χ4n) is 4.51. The lowest BCUT2D eigenvalue weighted by atomic mass is 9.95. The highest BCUT2D eigenvalue weighted by atomic mass is 16.3. The number of carbonyl (C=O) groups excluding carboxylic acids is 2. The fraction of sp³-hybridized carbons (Fsp3) is 0.500. The summed E-state index contributed by atoms with van der Waals surface area (Å²) in [5.74, 6) is 0.774. The van der Waals surface area contributed by atoms with E-state index in [9.17, 15) is 9.59 Å². The molecule has 2 aromatic heterocycles. The van der Waals surface area contributed by atoms with E-state index in [4.69, 9.17) is 4.42 Å². The lowest BCUT2D eigenvalue weighted by Gasteiger charge is -2.40. The first-order valence-corrected chi connectivity index (χ1v) is 10.5. The highest BCUT2D eigenvalue weighted by Gasteiger charge is 2.37. The van der Waals surface area contributed by atoms with Crippen molar-refractivity contribution >= 4 is 11.8 Å². The maximum Gasteiger partial charge on any atom is 0.289 e. The smallest absolute Gasteiger partial charge is 0.289 e. The molecule has 3 heterocycles. The molecule has 29 heavy (non-hydrogen) atoms. The molecule has 2 aromatic rings. The monoisotopic (exact) mass is 396 g/mol. The molecular weight excluding hydrogens is 368 g/mol. The molecule has 2 aliphatic rings. The van der Waals surface area contributed by atoms with Crippen LogP contribution >= 0.6 is 0 Å². The van der Waals surface area contributed by atoms with E-state index in [1.165, 1.54) is 19.1 Å². The van der Waals surface area contributed by atoms with Crippen LogP contribution in [0, 0.1) is 5.92 Å². The summed E-state index contributed by atoms with van der Waals surface area (Å²) in [4.78, 5) is 33.8. The van der Waals surface area contributed by atoms with Gasteiger partial charge in [0.25, 0.3) is 5.91 Å². The van der Waals surface area contributed by atoms with Gasteiger partial charge >= 0.3 is 0 Å². The van der Waals surface area contributed by atoms with Crippen molar-refractivity contribution < 1.29 is 14.0 Å². The van der Waals surface area contributed by atoms with Crippen molar-refractivity contribution in [2.24, 2.45) is 5.92 Å². The number of piperazine rings is 1. The van der Waals surface area contributed by atoms with E-state index in [1.807, 2.05) is 17.0 Å². The van der Waals surface area contributed by atoms with E-state index in [0.29, 0.717) is 44.4 Å². The lowest BCUT2D eigenvalue weighted by Crippen LogP contribution is -2.57. The summed E-state index contributed by atoms with van der Waals surface area (Å²) < 4.78 is 5.24. The van der Waals surface area contributed by atoms with Crippen molar-refractivity contribution in [1.82, 2.24) is 20.1 Å². The van der Waals surface area contributed by atoms with Crippen molar-refractivity contribution in [2.45, 2.75) is 38.3 Å². The minimum atomic E-state index is -0.130. The summed E-state index contributed by atoms with van der Waals surface area (Å²) in [5.41, 5.74) is 1.000. The van der Waals surface area contributed by atoms with Crippen molar-refractivity contribution in [3.63, 3.8) is 0 Å². The first-order valence-electron chi connectivity index (χ1n) is 10.5. The lowest BCUT2D eigenvalue weighted by molar-refractivity contribution is -0.129. The van der Waals surface area contributed by atoms with E-state index >= 15 is 0 Å². The standard InChI is InChI=1S/C22H28N4O3/c27-21(24-16-17-5-3-9-23-15-17)20(18-6-1-2-7-18)25-10-12-26(13-11-25)22(28)19-8-4-14-29-19/h3-5,8-9,14-15,18,20H,1-2,6-7,10-13,16H2,(H,24,27). The van der Waals surface area contributed by atoms with E-state index in [0.717, 1.165) is 18.4 Å². The third-order valence-corrected chi connectivity index (χ3v) is 6.03. The summed E-state index contributed by atoms with van der Waals surface area (Å²) in [7, 11) is 0. The van der Waals surface area contributed by atoms with Gasteiger partial charge in [0.15, 0.2) is 5.76 Å². The molecule has 0 radical (unpaired) electrons. The minimum Gasteiger partial charge on any atom is -0.459 e. The molecule has 2 fully saturated rings. The zero-order valence-corrected chi connectivity index (χ0v) is 16.6. The predicted octanol–water partition coefficient (Wildman–Crippen LogP) is 2.31. The molecular formula is C22H28N4O3. The summed E-state index contributed by atoms with van der Waals surface area (Å²) in [6.07, 6.45) is 9.60. The molecule has 1 aliphatic carbocycles. The van der Waals surface area contributed by atoms with Gasteiger partial charge in [0.1, 0.15) is 0 Å². The first kappa shape index (κ1) is 19.6. The molecule has 1 saturated carbocycles. The summed E-state index contributed by atoms with van der Waals surface area (Å²) in [6.45, 7) is 3.12. The number of nitrogens with zero attached hydrogens (tertiary/aromatic N) is 3. The van der Waals surface area contributed by atoms with Crippen molar-refractivity contribution in [3.8, 4) is 0 Å². The van der Waals surface area contributed by atoms with Crippen molar-refractivity contribution in [3.05, 3.63) is 54.2 Å². The number of furan rings is 1. The SMILES string of the molecule is O=C(NCc1cccnc1)C(C1CCCC1)N1CCN(C(=O)c2ccco2)CC1. The molecule has 7 nitrogen and oxygen atoms in total. The van der Waals surface area contributed by atoms with Gasteiger partial charge in [0.05, 0.1) is 12.3 Å². The molecule has 1 aliphatic heterocycles. The molecule has 0 spiro atoms. The molecule has 1 N–H and O–H groups in total. The van der Waals surface area contributed by atoms with Crippen molar-refractivity contribution in [2.75, 3.05) is 26.2 Å². The summed E-state index contributed by atoms with van der Waals surface area (Å²) in [5, 5.41) is 3.11. The Morgan fingerprint density at radius 3 is 2.59 bits per heavy atom. The molecule has 7 heteroatoms. The number of rotatable bonds is 6. The van der Waals surface area contributed by atoms with Crippen LogP contribution in [0.25, 0.3) is 0 Å². The van der Waals surface area contributed by atoms with Gasteiger partial charge in [-0.15, -0.1) is 0 Å². The normalized spacial score (nSPS) is 19.2. The van der Waals surface area contributed by atoms with Gasteiger partial charge in [-0.1, -0.05) is 18.9 Å². The molecule has 154 valence electrons. The Hall–Kier alpha value is -2.67. The van der Waals surface area contributed by atoms with Crippen LogP contribution in [0.1, 0.15) is 41.8 Å². The zero-order valence-electron chi connectivity index (χ0n) is 16.6.